The molecule has 24 nitrogen and oxygen atoms in total. The van der Waals surface area contributed by atoms with Crippen LogP contribution in [0.25, 0.3) is 0 Å². The number of aliphatic hydroxyl groups excluding tert-OH is 2. The van der Waals surface area contributed by atoms with Crippen molar-refractivity contribution in [3.8, 4) is 69.0 Å². The van der Waals surface area contributed by atoms with Crippen LogP contribution in [0.5, 0.6) is 69.0 Å². The summed E-state index contributed by atoms with van der Waals surface area (Å²) in [5.41, 5.74) is -13.4. The van der Waals surface area contributed by atoms with Crippen LogP contribution in [0.1, 0.15) is 393 Å². The Morgan fingerprint density at radius 1 is 0.326 bits per heavy atom. The van der Waals surface area contributed by atoms with Gasteiger partial charge in [-0.05, 0) is 324 Å². The second-order valence-corrected chi connectivity index (χ2v) is 36.6. The number of hydrogen-bond donors (Lipinski definition) is 6. The van der Waals surface area contributed by atoms with E-state index in [9.17, 15) is 30.6 Å². The lowest BCUT2D eigenvalue weighted by Gasteiger charge is -2.47. The third-order valence-corrected chi connectivity index (χ3v) is 24.3. The van der Waals surface area contributed by atoms with E-state index < -0.39 is 410 Å². The molecule has 12 heterocycles. The second kappa shape index (κ2) is 48.4. The fraction of sp³-hybridized carbons (Fsp3) is 0.692. The van der Waals surface area contributed by atoms with Gasteiger partial charge < -0.3 is 87.5 Å². The van der Waals surface area contributed by atoms with Crippen LogP contribution < -0.4 is 56.8 Å². The van der Waals surface area contributed by atoms with E-state index in [-0.39, 0.29) is 184 Å². The van der Waals surface area contributed by atoms with Gasteiger partial charge in [-0.3, -0.25) is 29.4 Å². The minimum atomic E-state index is -4.29. The van der Waals surface area contributed by atoms with Gasteiger partial charge in [-0.1, -0.05) is 103 Å². The lowest BCUT2D eigenvalue weighted by molar-refractivity contribution is -0.0259. The number of hydrogen-bond acceptors (Lipinski definition) is 24. The summed E-state index contributed by atoms with van der Waals surface area (Å²) in [5, 5.41) is 67.3. The molecule has 0 aliphatic carbocycles. The molecular formula is C117H180N6O18. The van der Waals surface area contributed by atoms with Gasteiger partial charge in [0.25, 0.3) is 0 Å². The third kappa shape index (κ3) is 26.9. The summed E-state index contributed by atoms with van der Waals surface area (Å²) in [6, 6.07) is -16.4. The lowest BCUT2D eigenvalue weighted by Crippen LogP contribution is -2.48. The molecule has 6 N–H and O–H groups in total. The Hall–Kier alpha value is -7.56. The molecule has 6 fully saturated rings. The highest BCUT2D eigenvalue weighted by atomic mass is 16.5. The molecule has 18 unspecified atom stereocenters. The minimum absolute atomic E-state index is 0.00897. The average molecular weight is 2040 g/mol. The van der Waals surface area contributed by atoms with Gasteiger partial charge in [-0.25, -0.2) is 0 Å². The van der Waals surface area contributed by atoms with Crippen LogP contribution in [0.2, 0.25) is 0 Å². The van der Waals surface area contributed by atoms with Crippen molar-refractivity contribution in [1.29, 1.82) is 0 Å². The normalized spacial score (nSPS) is 45.4. The molecule has 0 aromatic heterocycles. The van der Waals surface area contributed by atoms with Crippen LogP contribution in [-0.2, 0) is 38.4 Å². The van der Waals surface area contributed by atoms with E-state index in [1.807, 2.05) is 27.7 Å². The van der Waals surface area contributed by atoms with E-state index >= 15 is 0 Å². The van der Waals surface area contributed by atoms with E-state index in [1.165, 1.54) is 38.2 Å². The molecule has 18 atom stereocenters. The standard InChI is InChI=1S/3C20H31NO3.3C19H29NO3/c3*1-20(2,3)11-14-12-21-7-6-13-8-18(23-4)19(24-5)9-15(13)16(21)10-17(14)22;3*1-12(2)7-14-11-20-6-5-13-8-18(22-3)19(23-4)9-15(13)16(20)10-17(14)21/h3*8-9,14,16-17,22H,6-7,10-12H2,1-5H3;3*8-9,12,14,16-17,21H,5-7,10-11H2,1-4H3/i2*1D3,2D3,5D3,8D,9D,10D2,11D2,12D2,14D,17D;1D3,2D3,8D,9D,10D2,11D2,12D2,14D,17D;4D3,8D,9D,10D2,11D2,14D,17D;4D3,5D2,6D2,8D,9D;5D2,6D2,8D,9D. The van der Waals surface area contributed by atoms with Crippen molar-refractivity contribution in [2.75, 3.05) is 163 Å². The molecule has 12 aliphatic heterocycles. The molecule has 18 rings (SSSR count). The summed E-state index contributed by atoms with van der Waals surface area (Å²) < 4.78 is 729. The van der Waals surface area contributed by atoms with E-state index in [1.54, 1.807) is 13.8 Å². The molecule has 0 bridgehead atoms. The number of rotatable bonds is 21. The van der Waals surface area contributed by atoms with Crippen molar-refractivity contribution >= 4 is 0 Å². The van der Waals surface area contributed by atoms with Crippen LogP contribution in [0.4, 0.5) is 0 Å². The summed E-state index contributed by atoms with van der Waals surface area (Å²) in [4.78, 5) is 5.26. The predicted molar refractivity (Wildman–Crippen MR) is 561 cm³/mol. The first-order valence-corrected chi connectivity index (χ1v) is 45.5. The monoisotopic (exact) mass is 2040 g/mol. The zero-order valence-corrected chi connectivity index (χ0v) is 81.4. The van der Waals surface area contributed by atoms with Crippen molar-refractivity contribution in [1.82, 2.24) is 29.4 Å². The highest BCUT2D eigenvalue weighted by Gasteiger charge is 2.47. The van der Waals surface area contributed by atoms with Crippen molar-refractivity contribution in [3.63, 3.8) is 0 Å². The molecule has 24 heteroatoms. The summed E-state index contributed by atoms with van der Waals surface area (Å²) in [6.07, 6.45) is -49.1. The molecule has 0 spiro atoms. The van der Waals surface area contributed by atoms with Gasteiger partial charge >= 0.3 is 0 Å². The Balaban J connectivity index is 0.000000212. The number of benzene rings is 6. The Morgan fingerprint density at radius 3 is 0.794 bits per heavy atom. The predicted octanol–water partition coefficient (Wildman–Crippen LogP) is 19.3. The van der Waals surface area contributed by atoms with Gasteiger partial charge in [-0.2, -0.15) is 0 Å². The van der Waals surface area contributed by atoms with Gasteiger partial charge in [0.05, 0.1) is 160 Å². The highest BCUT2D eigenvalue weighted by molar-refractivity contribution is 5.55. The summed E-state index contributed by atoms with van der Waals surface area (Å²) in [6.45, 7) is -30.6. The Morgan fingerprint density at radius 2 is 0.553 bits per heavy atom. The summed E-state index contributed by atoms with van der Waals surface area (Å²) >= 11 is 0. The van der Waals surface area contributed by atoms with Gasteiger partial charge in [-0.15, -0.1) is 0 Å². The molecule has 6 saturated heterocycles. The van der Waals surface area contributed by atoms with Gasteiger partial charge in [0.2, 0.25) is 0 Å². The number of fused-ring (bicyclic) bond motifs is 18. The average Bonchev–Trinajstić information content (AvgIpc) is 0.647. The number of aliphatic hydroxyl groups is 6. The maximum absolute atomic E-state index is 11.5. The van der Waals surface area contributed by atoms with Gasteiger partial charge in [0, 0.05) is 186 Å². The van der Waals surface area contributed by atoms with E-state index in [4.69, 9.17) is 167 Å². The fourth-order valence-electron chi connectivity index (χ4n) is 18.1. The summed E-state index contributed by atoms with van der Waals surface area (Å²) in [7, 11) is -2.97. The van der Waals surface area contributed by atoms with Crippen molar-refractivity contribution < 1.29 is 197 Å². The largest absolute Gasteiger partial charge is 0.493 e. The van der Waals surface area contributed by atoms with Crippen LogP contribution in [0.15, 0.2) is 72.5 Å². The van der Waals surface area contributed by atoms with Crippen molar-refractivity contribution in [2.24, 2.45) is 69.4 Å². The number of ether oxygens (including phenoxy) is 12. The maximum Gasteiger partial charge on any atom is 0.161 e. The number of nitrogens with zero attached hydrogens (tertiary/aromatic N) is 6. The minimum Gasteiger partial charge on any atom is -0.493 e. The first kappa shape index (κ1) is 46.1. The SMILES string of the molecule is [2H]c1c(OC([2H])([2H])[2H])c(OC)c([2H])c2c1C1CC(O)C(CC(C)C)CN1C([2H])([2H])C2([2H])[2H].[2H]c1c(OC)c(OC)c([2H])c2c1C1CC(O)C(CC(C)C)CN1C([2H])([2H])C2([2H])[2H].[2H]c1c2c(c([2H])c(OC([2H])([2H])[2H])c1OC)C1N(CC2)C([2H])([2H])C([2H])(C([2H])([2H])C(C)(C([2H])([2H])[2H])C([2H])([2H])[2H])C([2H])(O)C1([2H])[2H].[2H]c1c2c(c([2H])c(OC([2H])([2H])[2H])c1OC)C1N(CC2)C([2H])([2H])C([2H])(C([2H])([2H])C(C)(C([2H])([2H])[2H])C([2H])([2H])[2H])C([2H])(O)C1([2H])[2H].[2H]c1c2c(c([2H])c(OC([2H])([2H])[2H])c1OC)C1N(CC2)C([2H])([2H])C([2H])(CC(C)C)C([2H])(O)C1([2H])[2H].[2H]c1c2c(c([2H])c(OC)c1OC)C1N(CC2)C([2H])([2H])C([2H])(C([2H])([2H])C(C)(C([2H])([2H])[2H])C([2H])([2H])[2H])C([2H])(O)C1([2H])[2H]. The maximum atomic E-state index is 11.5. The second-order valence-electron chi connectivity index (χ2n) is 36.6. The number of piperidine rings is 6. The van der Waals surface area contributed by atoms with Crippen LogP contribution in [0.3, 0.4) is 0 Å². The topological polar surface area (TPSA) is 252 Å². The Bertz CT molecular complexity index is 8780. The van der Waals surface area contributed by atoms with Crippen LogP contribution in [0, 0.1) is 69.4 Å². The van der Waals surface area contributed by atoms with Crippen LogP contribution in [-0.4, -0.2) is 260 Å². The van der Waals surface area contributed by atoms with Crippen LogP contribution >= 0.6 is 0 Å². The van der Waals surface area contributed by atoms with Crippen molar-refractivity contribution in [3.05, 3.63) is 139 Å². The summed E-state index contributed by atoms with van der Waals surface area (Å²) in [5.74, 6) is -20.7. The first-order valence-electron chi connectivity index (χ1n) is 85.5. The van der Waals surface area contributed by atoms with Gasteiger partial charge in [0.15, 0.2) is 69.0 Å². The quantitative estimate of drug-likeness (QED) is 0.0392. The molecule has 12 aliphatic rings. The number of methoxy groups -OCH3 is 12. The van der Waals surface area contributed by atoms with Gasteiger partial charge in [0.1, 0.15) is 0 Å². The highest BCUT2D eigenvalue weighted by Crippen LogP contribution is 2.53. The molecule has 141 heavy (non-hydrogen) atoms. The molecular weight excluding hydrogens is 1780 g/mol. The van der Waals surface area contributed by atoms with Crippen molar-refractivity contribution in [2.45, 2.75) is 291 Å². The molecule has 0 amide bonds. The Labute approximate surface area is 958 Å². The smallest absolute Gasteiger partial charge is 0.161 e. The molecule has 0 saturated carbocycles. The first-order chi connectivity index (χ1) is 98.6. The zero-order chi connectivity index (χ0) is 172. The fourth-order valence-corrected chi connectivity index (χ4v) is 18.1. The molecule has 6 aromatic carbocycles. The van der Waals surface area contributed by atoms with E-state index in [2.05, 4.69) is 0 Å². The molecule has 0 radical (unpaired) electrons. The van der Waals surface area contributed by atoms with E-state index in [0.717, 1.165) is 33.3 Å². The molecule has 786 valence electrons. The third-order valence-electron chi connectivity index (χ3n) is 24.3. The van der Waals surface area contributed by atoms with E-state index in [0.29, 0.717) is 54.2 Å². The molecule has 6 aromatic rings. The Kier molecular flexibility index (Phi) is 15.8. The lowest BCUT2D eigenvalue weighted by atomic mass is 9.75. The zero-order valence-electron chi connectivity index (χ0n) is 161.